The number of aromatic nitrogens is 3. The molecule has 2 rings (SSSR count). The van der Waals surface area contributed by atoms with E-state index in [0.717, 1.165) is 23.0 Å². The summed E-state index contributed by atoms with van der Waals surface area (Å²) in [7, 11) is 1.60. The normalized spacial score (nSPS) is 10.7. The Bertz CT molecular complexity index is 614. The number of aliphatic carboxylic acids is 1. The Labute approximate surface area is 119 Å². The van der Waals surface area contributed by atoms with Crippen LogP contribution in [-0.2, 0) is 16.1 Å². The lowest BCUT2D eigenvalue weighted by Gasteiger charge is -2.12. The molecule has 0 fully saturated rings. The van der Waals surface area contributed by atoms with Gasteiger partial charge in [-0.2, -0.15) is 0 Å². The van der Waals surface area contributed by atoms with Crippen LogP contribution in [0.3, 0.4) is 0 Å². The summed E-state index contributed by atoms with van der Waals surface area (Å²) < 4.78 is 6.78. The predicted molar refractivity (Wildman–Crippen MR) is 74.8 cm³/mol. The molecule has 1 aromatic heterocycles. The van der Waals surface area contributed by atoms with Crippen molar-refractivity contribution in [1.82, 2.24) is 14.8 Å². The van der Waals surface area contributed by atoms with Crippen LogP contribution < -0.4 is 5.73 Å². The Morgan fingerprint density at radius 1 is 1.45 bits per heavy atom. The van der Waals surface area contributed by atoms with Gasteiger partial charge in [0, 0.05) is 12.7 Å². The maximum Gasteiger partial charge on any atom is 0.313 e. The standard InChI is InChI=1S/C12H14N4O3S/c1-19-6-8-4-2-3-5-9(8)16-11(13)14-15-12(16)20-7-10(17)18/h2-5H,6-7H2,1H3,(H2,13,14)(H,17,18). The molecule has 0 aliphatic carbocycles. The van der Waals surface area contributed by atoms with Crippen molar-refractivity contribution in [2.75, 3.05) is 18.6 Å². The first kappa shape index (κ1) is 14.4. The van der Waals surface area contributed by atoms with Crippen LogP contribution in [0.4, 0.5) is 5.95 Å². The number of hydrogen-bond acceptors (Lipinski definition) is 6. The van der Waals surface area contributed by atoms with E-state index in [2.05, 4.69) is 10.2 Å². The number of benzene rings is 1. The lowest BCUT2D eigenvalue weighted by Crippen LogP contribution is -2.07. The van der Waals surface area contributed by atoms with Gasteiger partial charge >= 0.3 is 5.97 Å². The Balaban J connectivity index is 2.41. The van der Waals surface area contributed by atoms with Gasteiger partial charge in [-0.1, -0.05) is 30.0 Å². The summed E-state index contributed by atoms with van der Waals surface area (Å²) in [5.41, 5.74) is 7.53. The van der Waals surface area contributed by atoms with Crippen molar-refractivity contribution in [3.05, 3.63) is 29.8 Å². The number of carboxylic acids is 1. The summed E-state index contributed by atoms with van der Waals surface area (Å²) in [5, 5.41) is 16.9. The van der Waals surface area contributed by atoms with Crippen LogP contribution in [0.25, 0.3) is 5.69 Å². The van der Waals surface area contributed by atoms with Crippen molar-refractivity contribution in [3.63, 3.8) is 0 Å². The summed E-state index contributed by atoms with van der Waals surface area (Å²) in [5.74, 6) is -0.820. The molecule has 20 heavy (non-hydrogen) atoms. The van der Waals surface area contributed by atoms with Crippen LogP contribution in [0.2, 0.25) is 0 Å². The molecule has 0 saturated heterocycles. The van der Waals surface area contributed by atoms with E-state index < -0.39 is 5.97 Å². The molecular formula is C12H14N4O3S. The SMILES string of the molecule is COCc1ccccc1-n1c(N)nnc1SCC(=O)O. The molecule has 7 nitrogen and oxygen atoms in total. The molecule has 0 unspecified atom stereocenters. The van der Waals surface area contributed by atoms with Crippen molar-refractivity contribution in [1.29, 1.82) is 0 Å². The van der Waals surface area contributed by atoms with Crippen LogP contribution in [0.15, 0.2) is 29.4 Å². The number of hydrogen-bond donors (Lipinski definition) is 2. The zero-order valence-corrected chi connectivity index (χ0v) is 11.6. The summed E-state index contributed by atoms with van der Waals surface area (Å²) in [6.07, 6.45) is 0. The second-order valence-electron chi connectivity index (χ2n) is 3.92. The van der Waals surface area contributed by atoms with Gasteiger partial charge in [-0.3, -0.25) is 9.36 Å². The molecule has 0 amide bonds. The van der Waals surface area contributed by atoms with Crippen molar-refractivity contribution in [2.24, 2.45) is 0 Å². The minimum Gasteiger partial charge on any atom is -0.481 e. The van der Waals surface area contributed by atoms with E-state index in [0.29, 0.717) is 11.8 Å². The first-order chi connectivity index (χ1) is 9.63. The number of rotatable bonds is 6. The number of carboxylic acid groups (broad SMARTS) is 1. The Hall–Kier alpha value is -2.06. The fourth-order valence-corrected chi connectivity index (χ4v) is 2.41. The summed E-state index contributed by atoms with van der Waals surface area (Å²) in [6, 6.07) is 7.52. The zero-order valence-electron chi connectivity index (χ0n) is 10.8. The zero-order chi connectivity index (χ0) is 14.5. The molecule has 1 aromatic carbocycles. The molecule has 3 N–H and O–H groups in total. The molecule has 0 radical (unpaired) electrons. The van der Waals surface area contributed by atoms with E-state index in [1.807, 2.05) is 24.3 Å². The quantitative estimate of drug-likeness (QED) is 0.771. The minimum atomic E-state index is -0.923. The van der Waals surface area contributed by atoms with Gasteiger partial charge in [0.15, 0.2) is 5.16 Å². The van der Waals surface area contributed by atoms with Crippen LogP contribution >= 0.6 is 11.8 Å². The maximum atomic E-state index is 10.7. The van der Waals surface area contributed by atoms with Gasteiger partial charge in [-0.25, -0.2) is 0 Å². The third-order valence-corrected chi connectivity index (χ3v) is 3.43. The summed E-state index contributed by atoms with van der Waals surface area (Å²) >= 11 is 1.07. The lowest BCUT2D eigenvalue weighted by atomic mass is 10.2. The molecule has 0 bridgehead atoms. The maximum absolute atomic E-state index is 10.7. The number of nitrogen functional groups attached to an aromatic ring is 1. The van der Waals surface area contributed by atoms with E-state index in [-0.39, 0.29) is 11.7 Å². The van der Waals surface area contributed by atoms with Gasteiger partial charge in [0.05, 0.1) is 18.0 Å². The van der Waals surface area contributed by atoms with Crippen molar-refractivity contribution in [2.45, 2.75) is 11.8 Å². The van der Waals surface area contributed by atoms with Gasteiger partial charge in [-0.15, -0.1) is 10.2 Å². The number of carbonyl (C=O) groups is 1. The van der Waals surface area contributed by atoms with Crippen LogP contribution in [-0.4, -0.2) is 38.7 Å². The van der Waals surface area contributed by atoms with E-state index in [9.17, 15) is 4.79 Å². The van der Waals surface area contributed by atoms with Crippen molar-refractivity contribution < 1.29 is 14.6 Å². The van der Waals surface area contributed by atoms with Gasteiger partial charge in [-0.05, 0) is 6.07 Å². The molecule has 0 saturated carbocycles. The number of methoxy groups -OCH3 is 1. The van der Waals surface area contributed by atoms with Gasteiger partial charge < -0.3 is 15.6 Å². The van der Waals surface area contributed by atoms with Crippen LogP contribution in [0, 0.1) is 0 Å². The Morgan fingerprint density at radius 2 is 2.20 bits per heavy atom. The average Bonchev–Trinajstić information content (AvgIpc) is 2.79. The van der Waals surface area contributed by atoms with E-state index in [1.165, 1.54) is 0 Å². The van der Waals surface area contributed by atoms with Crippen molar-refractivity contribution in [3.8, 4) is 5.69 Å². The lowest BCUT2D eigenvalue weighted by molar-refractivity contribution is -0.133. The average molecular weight is 294 g/mol. The minimum absolute atomic E-state index is 0.107. The Kier molecular flexibility index (Phi) is 4.59. The molecule has 0 aliphatic rings. The van der Waals surface area contributed by atoms with Crippen LogP contribution in [0.1, 0.15) is 5.56 Å². The third-order valence-electron chi connectivity index (χ3n) is 2.52. The summed E-state index contributed by atoms with van der Waals surface area (Å²) in [6.45, 7) is 0.414. The molecule has 2 aromatic rings. The highest BCUT2D eigenvalue weighted by molar-refractivity contribution is 7.99. The molecule has 0 spiro atoms. The highest BCUT2D eigenvalue weighted by atomic mass is 32.2. The number of ether oxygens (including phenoxy) is 1. The highest BCUT2D eigenvalue weighted by Gasteiger charge is 2.15. The molecule has 0 aliphatic heterocycles. The first-order valence-electron chi connectivity index (χ1n) is 5.76. The predicted octanol–water partition coefficient (Wildman–Crippen LogP) is 1.17. The van der Waals surface area contributed by atoms with E-state index in [4.69, 9.17) is 15.6 Å². The van der Waals surface area contributed by atoms with E-state index >= 15 is 0 Å². The van der Waals surface area contributed by atoms with Crippen molar-refractivity contribution >= 4 is 23.7 Å². The largest absolute Gasteiger partial charge is 0.481 e. The van der Waals surface area contributed by atoms with Crippen LogP contribution in [0.5, 0.6) is 0 Å². The fraction of sp³-hybridized carbons (Fsp3) is 0.250. The third kappa shape index (κ3) is 3.09. The molecule has 1 heterocycles. The van der Waals surface area contributed by atoms with Gasteiger partial charge in [0.2, 0.25) is 5.95 Å². The molecule has 8 heteroatoms. The number of nitrogens with zero attached hydrogens (tertiary/aromatic N) is 3. The molecular weight excluding hydrogens is 280 g/mol. The number of nitrogens with two attached hydrogens (primary N) is 1. The highest BCUT2D eigenvalue weighted by Crippen LogP contribution is 2.25. The summed E-state index contributed by atoms with van der Waals surface area (Å²) in [4.78, 5) is 10.7. The molecule has 0 atom stereocenters. The van der Waals surface area contributed by atoms with Gasteiger partial charge in [0.1, 0.15) is 0 Å². The van der Waals surface area contributed by atoms with Gasteiger partial charge in [0.25, 0.3) is 0 Å². The van der Waals surface area contributed by atoms with E-state index in [1.54, 1.807) is 11.7 Å². The monoisotopic (exact) mass is 294 g/mol. The first-order valence-corrected chi connectivity index (χ1v) is 6.74. The molecule has 106 valence electrons. The second-order valence-corrected chi connectivity index (χ2v) is 4.86. The number of thioether (sulfide) groups is 1. The fourth-order valence-electron chi connectivity index (χ4n) is 1.73. The number of anilines is 1. The smallest absolute Gasteiger partial charge is 0.313 e. The number of para-hydroxylation sites is 1. The topological polar surface area (TPSA) is 103 Å². The Morgan fingerprint density at radius 3 is 2.90 bits per heavy atom. The second kappa shape index (κ2) is 6.40.